The fraction of sp³-hybridized carbons (Fsp3) is 0.409. The molecule has 1 N–H and O–H groups in total. The number of fused-ring (bicyclic) bond motifs is 2. The van der Waals surface area contributed by atoms with E-state index in [1.54, 1.807) is 42.3 Å². The lowest BCUT2D eigenvalue weighted by Crippen LogP contribution is -2.54. The zero-order valence-corrected chi connectivity index (χ0v) is 19.1. The van der Waals surface area contributed by atoms with E-state index >= 15 is 0 Å². The van der Waals surface area contributed by atoms with Crippen LogP contribution in [-0.2, 0) is 10.3 Å². The minimum absolute atomic E-state index is 0.320. The Kier molecular flexibility index (Phi) is 5.65. The minimum Gasteiger partial charge on any atom is -0.490 e. The van der Waals surface area contributed by atoms with Crippen LogP contribution in [0, 0.1) is 10.1 Å². The van der Waals surface area contributed by atoms with Crippen LogP contribution in [0.1, 0.15) is 30.9 Å². The first-order chi connectivity index (χ1) is 14.9. The van der Waals surface area contributed by atoms with Crippen molar-refractivity contribution in [3.63, 3.8) is 0 Å². The fourth-order valence-corrected chi connectivity index (χ4v) is 5.55. The largest absolute Gasteiger partial charge is 0.490 e. The van der Waals surface area contributed by atoms with Crippen LogP contribution >= 0.6 is 15.9 Å². The Balaban J connectivity index is 1.87. The van der Waals surface area contributed by atoms with E-state index in [2.05, 4.69) is 21.2 Å². The number of nitro groups is 1. The van der Waals surface area contributed by atoms with Gasteiger partial charge in [0.25, 0.3) is 11.9 Å². The Labute approximate surface area is 188 Å². The molecular formula is C22H24BrN3O5. The molecule has 2 aliphatic rings. The molecule has 31 heavy (non-hydrogen) atoms. The number of halogens is 1. The van der Waals surface area contributed by atoms with E-state index < -0.39 is 17.5 Å². The van der Waals surface area contributed by atoms with E-state index in [1.165, 1.54) is 0 Å². The summed E-state index contributed by atoms with van der Waals surface area (Å²) >= 11 is 3.58. The molecule has 1 fully saturated rings. The van der Waals surface area contributed by atoms with Crippen molar-refractivity contribution in [1.29, 1.82) is 0 Å². The zero-order chi connectivity index (χ0) is 22.3. The van der Waals surface area contributed by atoms with E-state index in [4.69, 9.17) is 9.47 Å². The van der Waals surface area contributed by atoms with Crippen molar-refractivity contribution in [3.05, 3.63) is 62.1 Å². The number of nitrogens with zero attached hydrogens (tertiary/aromatic N) is 2. The number of hydrogen-bond acceptors (Lipinski definition) is 6. The lowest BCUT2D eigenvalue weighted by Gasteiger charge is -2.30. The average molecular weight is 490 g/mol. The Bertz CT molecular complexity index is 1050. The summed E-state index contributed by atoms with van der Waals surface area (Å²) in [6.45, 7) is 4.99. The van der Waals surface area contributed by atoms with Crippen molar-refractivity contribution < 1.29 is 19.2 Å². The number of rotatable bonds is 6. The molecular weight excluding hydrogens is 466 g/mol. The van der Waals surface area contributed by atoms with E-state index in [1.807, 2.05) is 19.9 Å². The quantitative estimate of drug-likeness (QED) is 0.490. The number of amides is 1. The second-order valence-corrected chi connectivity index (χ2v) is 8.52. The van der Waals surface area contributed by atoms with Crippen LogP contribution in [0.2, 0.25) is 0 Å². The van der Waals surface area contributed by atoms with Gasteiger partial charge in [0.1, 0.15) is 0 Å². The number of ether oxygens (including phenoxy) is 2. The summed E-state index contributed by atoms with van der Waals surface area (Å²) in [6, 6.07) is 9.59. The predicted octanol–water partition coefficient (Wildman–Crippen LogP) is 3.77. The predicted molar refractivity (Wildman–Crippen MR) is 119 cm³/mol. The number of likely N-dealkylation sites (tertiary alicyclic amines) is 1. The first kappa shape index (κ1) is 21.6. The average Bonchev–Trinajstić information content (AvgIpc) is 3.20. The molecule has 2 aromatic rings. The number of anilines is 1. The summed E-state index contributed by atoms with van der Waals surface area (Å²) in [4.78, 5) is 27.2. The Morgan fingerprint density at radius 1 is 1.23 bits per heavy atom. The molecule has 8 nitrogen and oxygen atoms in total. The Morgan fingerprint density at radius 2 is 1.87 bits per heavy atom. The van der Waals surface area contributed by atoms with Crippen LogP contribution in [0.5, 0.6) is 11.5 Å². The lowest BCUT2D eigenvalue weighted by molar-refractivity contribution is -0.534. The molecule has 4 rings (SSSR count). The maximum absolute atomic E-state index is 13.2. The van der Waals surface area contributed by atoms with Gasteiger partial charge in [0.15, 0.2) is 17.0 Å². The lowest BCUT2D eigenvalue weighted by atomic mass is 9.79. The summed E-state index contributed by atoms with van der Waals surface area (Å²) in [5.74, 6) is 0.195. The molecule has 0 unspecified atom stereocenters. The molecule has 2 aromatic carbocycles. The van der Waals surface area contributed by atoms with E-state index in [0.29, 0.717) is 47.0 Å². The van der Waals surface area contributed by atoms with Gasteiger partial charge < -0.3 is 14.8 Å². The highest BCUT2D eigenvalue weighted by Gasteiger charge is 2.68. The highest BCUT2D eigenvalue weighted by atomic mass is 79.9. The normalized spacial score (nSPS) is 24.8. The summed E-state index contributed by atoms with van der Waals surface area (Å²) in [7, 11) is 1.77. The van der Waals surface area contributed by atoms with E-state index in [-0.39, 0.29) is 10.8 Å². The van der Waals surface area contributed by atoms with Gasteiger partial charge in [-0.15, -0.1) is 0 Å². The molecule has 3 atom stereocenters. The van der Waals surface area contributed by atoms with Crippen molar-refractivity contribution in [2.75, 3.05) is 32.1 Å². The number of nitrogens with one attached hydrogen (secondary N) is 1. The van der Waals surface area contributed by atoms with Gasteiger partial charge in [0.2, 0.25) is 0 Å². The third-order valence-electron chi connectivity index (χ3n) is 6.10. The first-order valence-electron chi connectivity index (χ1n) is 10.2. The summed E-state index contributed by atoms with van der Waals surface area (Å²) in [5.41, 5.74) is 0.593. The zero-order valence-electron chi connectivity index (χ0n) is 17.6. The highest BCUT2D eigenvalue weighted by molar-refractivity contribution is 9.10. The van der Waals surface area contributed by atoms with Crippen molar-refractivity contribution in [2.45, 2.75) is 31.3 Å². The van der Waals surface area contributed by atoms with Crippen LogP contribution in [0.4, 0.5) is 5.69 Å². The number of carbonyl (C=O) groups is 1. The molecule has 1 saturated heterocycles. The number of carbonyl (C=O) groups excluding carboxylic acids is 1. The standard InChI is InChI=1S/C22H24BrN3O5/c1-4-30-18-10-13(16(23)11-19(18)31-5-2)14-12-25(3)22(20(14)26(28)29)15-8-6-7-9-17(15)24-21(22)27/h6-11,14,20H,4-5,12H2,1-3H3,(H,24,27)/t14-,20+,22-/m0/s1. The summed E-state index contributed by atoms with van der Waals surface area (Å²) in [6.07, 6.45) is 0. The monoisotopic (exact) mass is 489 g/mol. The van der Waals surface area contributed by atoms with Gasteiger partial charge in [0.05, 0.1) is 19.1 Å². The van der Waals surface area contributed by atoms with Crippen molar-refractivity contribution >= 4 is 27.5 Å². The van der Waals surface area contributed by atoms with Crippen molar-refractivity contribution in [3.8, 4) is 11.5 Å². The molecule has 2 aliphatic heterocycles. The van der Waals surface area contributed by atoms with Gasteiger partial charge in [0, 0.05) is 27.2 Å². The molecule has 2 heterocycles. The van der Waals surface area contributed by atoms with Gasteiger partial charge in [-0.1, -0.05) is 34.1 Å². The molecule has 0 radical (unpaired) electrons. The van der Waals surface area contributed by atoms with E-state index in [0.717, 1.165) is 5.56 Å². The second-order valence-electron chi connectivity index (χ2n) is 7.67. The van der Waals surface area contributed by atoms with Crippen molar-refractivity contribution in [1.82, 2.24) is 4.90 Å². The van der Waals surface area contributed by atoms with Crippen LogP contribution in [0.15, 0.2) is 40.9 Å². The molecule has 0 aliphatic carbocycles. The molecule has 9 heteroatoms. The van der Waals surface area contributed by atoms with Crippen LogP contribution < -0.4 is 14.8 Å². The number of hydrogen-bond donors (Lipinski definition) is 1. The maximum atomic E-state index is 13.2. The molecule has 0 aromatic heterocycles. The van der Waals surface area contributed by atoms with Crippen molar-refractivity contribution in [2.24, 2.45) is 0 Å². The smallest absolute Gasteiger partial charge is 0.256 e. The van der Waals surface area contributed by atoms with Gasteiger partial charge in [-0.05, 0) is 44.7 Å². The minimum atomic E-state index is -1.38. The highest BCUT2D eigenvalue weighted by Crippen LogP contribution is 2.53. The molecule has 1 spiro atoms. The molecule has 1 amide bonds. The Morgan fingerprint density at radius 3 is 2.52 bits per heavy atom. The number of para-hydroxylation sites is 1. The first-order valence-corrected chi connectivity index (χ1v) is 11.0. The summed E-state index contributed by atoms with van der Waals surface area (Å²) < 4.78 is 12.1. The number of benzene rings is 2. The van der Waals surface area contributed by atoms with Gasteiger partial charge in [-0.2, -0.15) is 0 Å². The second kappa shape index (κ2) is 8.12. The van der Waals surface area contributed by atoms with Gasteiger partial charge >= 0.3 is 0 Å². The maximum Gasteiger partial charge on any atom is 0.256 e. The SMILES string of the molecule is CCOc1cc(Br)c([C@@H]2CN(C)[C@]3(C(=O)Nc4ccccc43)[C@@H]2[N+](=O)[O-])cc1OCC. The molecule has 164 valence electrons. The van der Waals surface area contributed by atoms with Crippen LogP contribution in [0.3, 0.4) is 0 Å². The van der Waals surface area contributed by atoms with E-state index in [9.17, 15) is 14.9 Å². The molecule has 0 saturated carbocycles. The van der Waals surface area contributed by atoms with Crippen LogP contribution in [0.25, 0.3) is 0 Å². The third kappa shape index (κ3) is 3.18. The van der Waals surface area contributed by atoms with Gasteiger partial charge in [-0.25, -0.2) is 0 Å². The van der Waals surface area contributed by atoms with Gasteiger partial charge in [-0.3, -0.25) is 19.8 Å². The fourth-order valence-electron chi connectivity index (χ4n) is 4.93. The summed E-state index contributed by atoms with van der Waals surface area (Å²) in [5, 5.41) is 15.3. The number of likely N-dealkylation sites (N-methyl/N-ethyl adjacent to an activating group) is 1. The Hall–Kier alpha value is -2.65. The molecule has 0 bridgehead atoms. The topological polar surface area (TPSA) is 93.9 Å². The van der Waals surface area contributed by atoms with Crippen LogP contribution in [-0.4, -0.2) is 48.6 Å². The third-order valence-corrected chi connectivity index (χ3v) is 6.79.